The van der Waals surface area contributed by atoms with Crippen molar-refractivity contribution in [3.05, 3.63) is 0 Å². The van der Waals surface area contributed by atoms with Crippen LogP contribution in [-0.4, -0.2) is 63.0 Å². The number of nitrogens with zero attached hydrogens (tertiary/aromatic N) is 2. The third kappa shape index (κ3) is 6.46. The minimum absolute atomic E-state index is 0. The molecule has 0 aromatic rings. The quantitative estimate of drug-likeness (QED) is 0.832. The first kappa shape index (κ1) is 19.3. The van der Waals surface area contributed by atoms with Gasteiger partial charge in [0.2, 0.25) is 5.91 Å². The van der Waals surface area contributed by atoms with Gasteiger partial charge in [-0.1, -0.05) is 0 Å². The van der Waals surface area contributed by atoms with Crippen LogP contribution in [0.3, 0.4) is 0 Å². The standard InChI is InChI=1S/C11H23N3O.2ClH/c1-12-6-9-14(3)11(15)10-4-7-13(2)8-5-10;;/h10,12H,4-9H2,1-3H3;2*1H. The molecule has 0 atom stereocenters. The van der Waals surface area contributed by atoms with Gasteiger partial charge in [0.15, 0.2) is 0 Å². The number of nitrogens with one attached hydrogen (secondary N) is 1. The van der Waals surface area contributed by atoms with Crippen molar-refractivity contribution in [1.29, 1.82) is 0 Å². The van der Waals surface area contributed by atoms with Gasteiger partial charge in [-0.2, -0.15) is 0 Å². The van der Waals surface area contributed by atoms with Gasteiger partial charge in [-0.05, 0) is 40.0 Å². The highest BCUT2D eigenvalue weighted by Gasteiger charge is 2.25. The molecule has 1 N–H and O–H groups in total. The second kappa shape index (κ2) is 9.95. The summed E-state index contributed by atoms with van der Waals surface area (Å²) in [5.41, 5.74) is 0. The minimum Gasteiger partial charge on any atom is -0.344 e. The van der Waals surface area contributed by atoms with Crippen LogP contribution in [0.4, 0.5) is 0 Å². The second-order valence-corrected chi connectivity index (χ2v) is 4.44. The molecule has 0 unspecified atom stereocenters. The maximum atomic E-state index is 12.0. The normalized spacial score (nSPS) is 16.9. The highest BCUT2D eigenvalue weighted by molar-refractivity contribution is 5.85. The molecule has 1 fully saturated rings. The molecule has 1 aliphatic rings. The van der Waals surface area contributed by atoms with E-state index in [0.717, 1.165) is 39.0 Å². The summed E-state index contributed by atoms with van der Waals surface area (Å²) < 4.78 is 0. The zero-order valence-electron chi connectivity index (χ0n) is 10.9. The van der Waals surface area contributed by atoms with Crippen molar-refractivity contribution in [2.45, 2.75) is 12.8 Å². The second-order valence-electron chi connectivity index (χ2n) is 4.44. The largest absolute Gasteiger partial charge is 0.344 e. The Labute approximate surface area is 117 Å². The van der Waals surface area contributed by atoms with Crippen molar-refractivity contribution in [3.63, 3.8) is 0 Å². The van der Waals surface area contributed by atoms with Gasteiger partial charge in [-0.25, -0.2) is 0 Å². The van der Waals surface area contributed by atoms with Crippen molar-refractivity contribution in [2.24, 2.45) is 5.92 Å². The summed E-state index contributed by atoms with van der Waals surface area (Å²) in [6.45, 7) is 3.78. The molecule has 0 aromatic carbocycles. The number of hydrogen-bond donors (Lipinski definition) is 1. The Bertz CT molecular complexity index is 209. The molecule has 104 valence electrons. The van der Waals surface area contributed by atoms with Crippen LogP contribution in [0, 0.1) is 5.92 Å². The van der Waals surface area contributed by atoms with Crippen LogP contribution in [-0.2, 0) is 4.79 Å². The lowest BCUT2D eigenvalue weighted by Crippen LogP contribution is -2.41. The lowest BCUT2D eigenvalue weighted by molar-refractivity contribution is -0.135. The molecular formula is C11H25Cl2N3O. The van der Waals surface area contributed by atoms with Crippen LogP contribution in [0.5, 0.6) is 0 Å². The van der Waals surface area contributed by atoms with Crippen molar-refractivity contribution in [1.82, 2.24) is 15.1 Å². The summed E-state index contributed by atoms with van der Waals surface area (Å²) in [4.78, 5) is 16.1. The Kier molecular flexibility index (Phi) is 11.3. The number of hydrogen-bond acceptors (Lipinski definition) is 3. The van der Waals surface area contributed by atoms with E-state index in [4.69, 9.17) is 0 Å². The number of rotatable bonds is 4. The van der Waals surface area contributed by atoms with E-state index in [1.165, 1.54) is 0 Å². The first-order chi connectivity index (χ1) is 7.15. The van der Waals surface area contributed by atoms with Crippen molar-refractivity contribution < 1.29 is 4.79 Å². The van der Waals surface area contributed by atoms with Gasteiger partial charge in [-0.3, -0.25) is 4.79 Å². The number of carbonyl (C=O) groups is 1. The van der Waals surface area contributed by atoms with Crippen LogP contribution in [0.2, 0.25) is 0 Å². The van der Waals surface area contributed by atoms with E-state index in [1.807, 2.05) is 19.0 Å². The Morgan fingerprint density at radius 2 is 1.88 bits per heavy atom. The minimum atomic E-state index is 0. The van der Waals surface area contributed by atoms with Crippen LogP contribution < -0.4 is 5.32 Å². The lowest BCUT2D eigenvalue weighted by Gasteiger charge is -2.30. The highest BCUT2D eigenvalue weighted by Crippen LogP contribution is 2.17. The average Bonchev–Trinajstić information content (AvgIpc) is 2.26. The summed E-state index contributed by atoms with van der Waals surface area (Å²) in [5.74, 6) is 0.571. The topological polar surface area (TPSA) is 35.6 Å². The molecule has 1 heterocycles. The Morgan fingerprint density at radius 1 is 1.35 bits per heavy atom. The first-order valence-electron chi connectivity index (χ1n) is 5.73. The zero-order chi connectivity index (χ0) is 11.3. The number of likely N-dealkylation sites (N-methyl/N-ethyl adjacent to an activating group) is 2. The van der Waals surface area contributed by atoms with E-state index in [2.05, 4.69) is 17.3 Å². The predicted octanol–water partition coefficient (Wildman–Crippen LogP) is 0.850. The summed E-state index contributed by atoms with van der Waals surface area (Å²) >= 11 is 0. The molecule has 0 spiro atoms. The van der Waals surface area contributed by atoms with Crippen LogP contribution in [0.25, 0.3) is 0 Å². The highest BCUT2D eigenvalue weighted by atomic mass is 35.5. The van der Waals surface area contributed by atoms with Gasteiger partial charge in [-0.15, -0.1) is 24.8 Å². The molecular weight excluding hydrogens is 261 g/mol. The average molecular weight is 286 g/mol. The van der Waals surface area contributed by atoms with Crippen LogP contribution >= 0.6 is 24.8 Å². The van der Waals surface area contributed by atoms with Gasteiger partial charge < -0.3 is 15.1 Å². The van der Waals surface area contributed by atoms with Gasteiger partial charge >= 0.3 is 0 Å². The third-order valence-electron chi connectivity index (χ3n) is 3.14. The molecule has 17 heavy (non-hydrogen) atoms. The first-order valence-corrected chi connectivity index (χ1v) is 5.73. The summed E-state index contributed by atoms with van der Waals surface area (Å²) in [6, 6.07) is 0. The summed E-state index contributed by atoms with van der Waals surface area (Å²) in [5, 5.41) is 3.06. The summed E-state index contributed by atoms with van der Waals surface area (Å²) in [7, 11) is 5.93. The van der Waals surface area contributed by atoms with Crippen molar-refractivity contribution in [2.75, 3.05) is 47.3 Å². The molecule has 0 bridgehead atoms. The maximum Gasteiger partial charge on any atom is 0.225 e. The third-order valence-corrected chi connectivity index (χ3v) is 3.14. The van der Waals surface area contributed by atoms with Gasteiger partial charge in [0.25, 0.3) is 0 Å². The fraction of sp³-hybridized carbons (Fsp3) is 0.909. The maximum absolute atomic E-state index is 12.0. The molecule has 1 amide bonds. The number of halogens is 2. The Morgan fingerprint density at radius 3 is 2.35 bits per heavy atom. The van der Waals surface area contributed by atoms with Gasteiger partial charge in [0.1, 0.15) is 0 Å². The molecule has 0 aliphatic carbocycles. The van der Waals surface area contributed by atoms with E-state index in [1.54, 1.807) is 0 Å². The zero-order valence-corrected chi connectivity index (χ0v) is 12.6. The van der Waals surface area contributed by atoms with E-state index in [0.29, 0.717) is 5.91 Å². The van der Waals surface area contributed by atoms with E-state index >= 15 is 0 Å². The van der Waals surface area contributed by atoms with Crippen molar-refractivity contribution >= 4 is 30.7 Å². The van der Waals surface area contributed by atoms with E-state index in [9.17, 15) is 4.79 Å². The molecule has 1 rings (SSSR count). The number of amides is 1. The molecule has 1 saturated heterocycles. The molecule has 0 aromatic heterocycles. The van der Waals surface area contributed by atoms with Crippen LogP contribution in [0.1, 0.15) is 12.8 Å². The SMILES string of the molecule is CNCCN(C)C(=O)C1CCN(C)CC1.Cl.Cl. The monoisotopic (exact) mass is 285 g/mol. The molecule has 0 saturated carbocycles. The number of carbonyl (C=O) groups excluding carboxylic acids is 1. The smallest absolute Gasteiger partial charge is 0.225 e. The molecule has 0 radical (unpaired) electrons. The Hall–Kier alpha value is -0.0300. The van der Waals surface area contributed by atoms with Gasteiger partial charge in [0, 0.05) is 26.1 Å². The van der Waals surface area contributed by atoms with E-state index in [-0.39, 0.29) is 30.7 Å². The fourth-order valence-corrected chi connectivity index (χ4v) is 1.96. The predicted molar refractivity (Wildman–Crippen MR) is 76.3 cm³/mol. The molecule has 6 heteroatoms. The fourth-order valence-electron chi connectivity index (χ4n) is 1.96. The molecule has 4 nitrogen and oxygen atoms in total. The van der Waals surface area contributed by atoms with Crippen molar-refractivity contribution in [3.8, 4) is 0 Å². The molecule has 1 aliphatic heterocycles. The summed E-state index contributed by atoms with van der Waals surface area (Å²) in [6.07, 6.45) is 2.03. The Balaban J connectivity index is 0. The number of likely N-dealkylation sites (tertiary alicyclic amines) is 1. The number of piperidine rings is 1. The van der Waals surface area contributed by atoms with Crippen LogP contribution in [0.15, 0.2) is 0 Å². The van der Waals surface area contributed by atoms with E-state index < -0.39 is 0 Å². The van der Waals surface area contributed by atoms with Gasteiger partial charge in [0.05, 0.1) is 0 Å². The lowest BCUT2D eigenvalue weighted by atomic mass is 9.96.